The van der Waals surface area contributed by atoms with Gasteiger partial charge in [-0.15, -0.1) is 13.2 Å². The molecule has 3 N–H and O–H groups in total. The Bertz CT molecular complexity index is 293. The molecule has 0 aromatic heterocycles. The van der Waals surface area contributed by atoms with Gasteiger partial charge in [0.15, 0.2) is 0 Å². The lowest BCUT2D eigenvalue weighted by atomic mass is 10.1. The number of nitrogens with two attached hydrogens (primary N) is 1. The highest BCUT2D eigenvalue weighted by Gasteiger charge is 2.37. The first-order valence-corrected chi connectivity index (χ1v) is 5.35. The maximum atomic E-state index is 6.09. The third kappa shape index (κ3) is 2.01. The Balaban J connectivity index is 2.95. The molecule has 1 aliphatic heterocycles. The summed E-state index contributed by atoms with van der Waals surface area (Å²) in [5.41, 5.74) is 7.05. The van der Waals surface area contributed by atoms with Crippen molar-refractivity contribution in [2.24, 2.45) is 5.73 Å². The van der Waals surface area contributed by atoms with Crippen molar-refractivity contribution in [3.63, 3.8) is 0 Å². The fourth-order valence-electron chi connectivity index (χ4n) is 2.03. The molecule has 3 heteroatoms. The molecule has 0 aliphatic carbocycles. The molecule has 15 heavy (non-hydrogen) atoms. The Kier molecular flexibility index (Phi) is 3.45. The predicted molar refractivity (Wildman–Crippen MR) is 64.8 cm³/mol. The average Bonchev–Trinajstić information content (AvgIpc) is 2.43. The molecule has 0 amide bonds. The highest BCUT2D eigenvalue weighted by atomic mass is 15.4. The summed E-state index contributed by atoms with van der Waals surface area (Å²) in [6.07, 6.45) is 5.56. The van der Waals surface area contributed by atoms with Crippen molar-refractivity contribution in [3.8, 4) is 0 Å². The van der Waals surface area contributed by atoms with E-state index >= 15 is 0 Å². The third-order valence-corrected chi connectivity index (χ3v) is 2.82. The van der Waals surface area contributed by atoms with Crippen LogP contribution in [0.5, 0.6) is 0 Å². The molecule has 0 saturated heterocycles. The molecular weight excluding hydrogens is 186 g/mol. The number of allylic oxidation sites excluding steroid dienone is 1. The summed E-state index contributed by atoms with van der Waals surface area (Å²) in [6, 6.07) is 0. The average molecular weight is 207 g/mol. The fraction of sp³-hybridized carbons (Fsp3) is 0.500. The molecule has 3 nitrogen and oxygen atoms in total. The topological polar surface area (TPSA) is 41.3 Å². The van der Waals surface area contributed by atoms with Crippen molar-refractivity contribution in [1.29, 1.82) is 0 Å². The summed E-state index contributed by atoms with van der Waals surface area (Å²) in [6.45, 7) is 12.5. The first kappa shape index (κ1) is 11.7. The van der Waals surface area contributed by atoms with Crippen LogP contribution in [0.4, 0.5) is 0 Å². The van der Waals surface area contributed by atoms with Crippen LogP contribution in [0.1, 0.15) is 26.7 Å². The maximum Gasteiger partial charge on any atom is 0.120 e. The van der Waals surface area contributed by atoms with Gasteiger partial charge in [0.05, 0.1) is 5.70 Å². The van der Waals surface area contributed by atoms with Crippen LogP contribution in [0.2, 0.25) is 0 Å². The first-order valence-electron chi connectivity index (χ1n) is 5.35. The van der Waals surface area contributed by atoms with Gasteiger partial charge in [-0.3, -0.25) is 0 Å². The second kappa shape index (κ2) is 4.43. The monoisotopic (exact) mass is 207 g/mol. The number of hydrogen-bond donors (Lipinski definition) is 2. The zero-order valence-electron chi connectivity index (χ0n) is 9.71. The minimum absolute atomic E-state index is 0.147. The van der Waals surface area contributed by atoms with E-state index in [1.807, 2.05) is 12.2 Å². The highest BCUT2D eigenvalue weighted by molar-refractivity contribution is 5.21. The summed E-state index contributed by atoms with van der Waals surface area (Å²) in [5.74, 6) is 0.835. The van der Waals surface area contributed by atoms with Crippen LogP contribution in [-0.4, -0.2) is 17.1 Å². The fourth-order valence-corrected chi connectivity index (χ4v) is 2.03. The summed E-state index contributed by atoms with van der Waals surface area (Å²) < 4.78 is 0. The lowest BCUT2D eigenvalue weighted by Crippen LogP contribution is -2.50. The van der Waals surface area contributed by atoms with Crippen LogP contribution in [0.15, 0.2) is 36.8 Å². The standard InChI is InChI=1S/C12H21N3/c1-5-8-12(4)14-10(7-3)11(13)15(12)9-6-2/h5-6,14H,1-2,7-9,13H2,3-4H3. The van der Waals surface area contributed by atoms with E-state index in [1.54, 1.807) is 0 Å². The molecule has 1 aliphatic rings. The van der Waals surface area contributed by atoms with Gasteiger partial charge in [-0.25, -0.2) is 0 Å². The van der Waals surface area contributed by atoms with Crippen molar-refractivity contribution in [2.75, 3.05) is 6.54 Å². The van der Waals surface area contributed by atoms with Crippen LogP contribution in [0.3, 0.4) is 0 Å². The van der Waals surface area contributed by atoms with Crippen molar-refractivity contribution in [2.45, 2.75) is 32.4 Å². The Hall–Kier alpha value is -1.38. The number of rotatable bonds is 5. The molecule has 1 atom stereocenters. The van der Waals surface area contributed by atoms with Crippen molar-refractivity contribution < 1.29 is 0 Å². The molecule has 0 fully saturated rings. The molecule has 1 rings (SSSR count). The smallest absolute Gasteiger partial charge is 0.120 e. The van der Waals surface area contributed by atoms with Crippen molar-refractivity contribution >= 4 is 0 Å². The van der Waals surface area contributed by atoms with Gasteiger partial charge in [-0.1, -0.05) is 19.1 Å². The third-order valence-electron chi connectivity index (χ3n) is 2.82. The molecule has 84 valence electrons. The summed E-state index contributed by atoms with van der Waals surface area (Å²) >= 11 is 0. The second-order valence-electron chi connectivity index (χ2n) is 4.01. The zero-order valence-corrected chi connectivity index (χ0v) is 9.71. The number of hydrogen-bond acceptors (Lipinski definition) is 3. The van der Waals surface area contributed by atoms with Gasteiger partial charge >= 0.3 is 0 Å². The van der Waals surface area contributed by atoms with Gasteiger partial charge in [-0.05, 0) is 13.3 Å². The van der Waals surface area contributed by atoms with E-state index in [0.29, 0.717) is 0 Å². The van der Waals surface area contributed by atoms with Crippen LogP contribution in [0, 0.1) is 0 Å². The van der Waals surface area contributed by atoms with E-state index in [4.69, 9.17) is 5.73 Å². The first-order chi connectivity index (χ1) is 7.09. The molecule has 0 aromatic rings. The van der Waals surface area contributed by atoms with E-state index in [0.717, 1.165) is 30.9 Å². The van der Waals surface area contributed by atoms with E-state index in [-0.39, 0.29) is 5.66 Å². The van der Waals surface area contributed by atoms with Crippen LogP contribution in [-0.2, 0) is 0 Å². The van der Waals surface area contributed by atoms with Crippen LogP contribution < -0.4 is 11.1 Å². The molecule has 0 bridgehead atoms. The molecule has 0 saturated carbocycles. The molecule has 1 unspecified atom stereocenters. The molecule has 0 aromatic carbocycles. The lowest BCUT2D eigenvalue weighted by Gasteiger charge is -2.36. The normalized spacial score (nSPS) is 25.3. The molecular formula is C12H21N3. The quantitative estimate of drug-likeness (QED) is 0.677. The van der Waals surface area contributed by atoms with Crippen molar-refractivity contribution in [1.82, 2.24) is 10.2 Å². The van der Waals surface area contributed by atoms with Crippen molar-refractivity contribution in [3.05, 3.63) is 36.8 Å². The maximum absolute atomic E-state index is 6.09. The van der Waals surface area contributed by atoms with E-state index in [1.165, 1.54) is 0 Å². The minimum Gasteiger partial charge on any atom is -0.384 e. The number of nitrogens with zero attached hydrogens (tertiary/aromatic N) is 1. The zero-order chi connectivity index (χ0) is 11.5. The van der Waals surface area contributed by atoms with Gasteiger partial charge in [-0.2, -0.15) is 0 Å². The second-order valence-corrected chi connectivity index (χ2v) is 4.01. The van der Waals surface area contributed by atoms with E-state index in [2.05, 4.69) is 37.2 Å². The van der Waals surface area contributed by atoms with Gasteiger partial charge < -0.3 is 16.0 Å². The molecule has 0 radical (unpaired) electrons. The van der Waals surface area contributed by atoms with E-state index in [9.17, 15) is 0 Å². The van der Waals surface area contributed by atoms with Crippen LogP contribution >= 0.6 is 0 Å². The minimum atomic E-state index is -0.147. The summed E-state index contributed by atoms with van der Waals surface area (Å²) in [7, 11) is 0. The Labute approximate surface area is 92.3 Å². The Morgan fingerprint density at radius 2 is 2.13 bits per heavy atom. The Morgan fingerprint density at radius 3 is 2.60 bits per heavy atom. The van der Waals surface area contributed by atoms with Crippen LogP contribution in [0.25, 0.3) is 0 Å². The molecule has 0 spiro atoms. The van der Waals surface area contributed by atoms with E-state index < -0.39 is 0 Å². The predicted octanol–water partition coefficient (Wildman–Crippen LogP) is 1.91. The summed E-state index contributed by atoms with van der Waals surface area (Å²) in [5, 5.41) is 3.46. The largest absolute Gasteiger partial charge is 0.384 e. The highest BCUT2D eigenvalue weighted by Crippen LogP contribution is 2.29. The van der Waals surface area contributed by atoms with Gasteiger partial charge in [0, 0.05) is 13.0 Å². The van der Waals surface area contributed by atoms with Gasteiger partial charge in [0.1, 0.15) is 11.5 Å². The summed E-state index contributed by atoms with van der Waals surface area (Å²) in [4.78, 5) is 2.14. The van der Waals surface area contributed by atoms with Gasteiger partial charge in [0.25, 0.3) is 0 Å². The number of nitrogens with one attached hydrogen (secondary N) is 1. The van der Waals surface area contributed by atoms with Gasteiger partial charge in [0.2, 0.25) is 0 Å². The molecule has 1 heterocycles. The SMILES string of the molecule is C=CCN1C(N)=C(CC)NC1(C)CC=C. The lowest BCUT2D eigenvalue weighted by molar-refractivity contribution is 0.165. The Morgan fingerprint density at radius 1 is 1.47 bits per heavy atom.